The molecule has 3 rings (SSSR count). The molecule has 0 bridgehead atoms. The molecule has 0 radical (unpaired) electrons. The van der Waals surface area contributed by atoms with Crippen LogP contribution in [-0.4, -0.2) is 39.1 Å². The molecule has 1 aliphatic heterocycles. The molecule has 30 heavy (non-hydrogen) atoms. The summed E-state index contributed by atoms with van der Waals surface area (Å²) in [6, 6.07) is 8.00. The molecule has 0 spiro atoms. The minimum Gasteiger partial charge on any atom is -0.324 e. The highest BCUT2D eigenvalue weighted by molar-refractivity contribution is 7.92. The lowest BCUT2D eigenvalue weighted by atomic mass is 10.2. The number of hydrogen-bond acceptors (Lipinski definition) is 4. The monoisotopic (exact) mass is 437 g/mol. The van der Waals surface area contributed by atoms with Gasteiger partial charge in [0, 0.05) is 30.4 Å². The Kier molecular flexibility index (Phi) is 6.06. The van der Waals surface area contributed by atoms with Gasteiger partial charge in [-0.1, -0.05) is 6.07 Å². The Balaban J connectivity index is 1.84. The van der Waals surface area contributed by atoms with E-state index in [-0.39, 0.29) is 11.6 Å². The fourth-order valence-electron chi connectivity index (χ4n) is 3.35. The predicted octanol–water partition coefficient (Wildman–Crippen LogP) is 2.88. The summed E-state index contributed by atoms with van der Waals surface area (Å²) in [5, 5.41) is 2.62. The first kappa shape index (κ1) is 21.7. The van der Waals surface area contributed by atoms with Gasteiger partial charge < -0.3 is 10.2 Å². The van der Waals surface area contributed by atoms with Gasteiger partial charge in [0.25, 0.3) is 0 Å². The van der Waals surface area contributed by atoms with Crippen LogP contribution in [0.15, 0.2) is 42.5 Å². The van der Waals surface area contributed by atoms with Crippen LogP contribution in [-0.2, 0) is 19.6 Å². The quantitative estimate of drug-likeness (QED) is 0.753. The summed E-state index contributed by atoms with van der Waals surface area (Å²) in [4.78, 5) is 26.3. The van der Waals surface area contributed by atoms with Gasteiger partial charge in [-0.2, -0.15) is 0 Å². The summed E-state index contributed by atoms with van der Waals surface area (Å²) in [6.45, 7) is 1.93. The lowest BCUT2D eigenvalue weighted by Crippen LogP contribution is -2.45. The minimum absolute atomic E-state index is 0.00608. The van der Waals surface area contributed by atoms with Crippen LogP contribution < -0.4 is 14.5 Å². The Labute approximate surface area is 173 Å². The van der Waals surface area contributed by atoms with E-state index in [1.54, 1.807) is 29.2 Å². The molecule has 1 unspecified atom stereocenters. The number of hydrogen-bond donors (Lipinski definition) is 1. The van der Waals surface area contributed by atoms with E-state index in [9.17, 15) is 26.8 Å². The number of nitrogens with zero attached hydrogens (tertiary/aromatic N) is 2. The lowest BCUT2D eigenvalue weighted by Gasteiger charge is -2.28. The molecule has 0 aliphatic carbocycles. The fourth-order valence-corrected chi connectivity index (χ4v) is 4.52. The van der Waals surface area contributed by atoms with Crippen molar-refractivity contribution in [1.82, 2.24) is 0 Å². The topological polar surface area (TPSA) is 86.8 Å². The maximum Gasteiger partial charge on any atom is 0.247 e. The van der Waals surface area contributed by atoms with E-state index in [2.05, 4.69) is 5.32 Å². The van der Waals surface area contributed by atoms with E-state index in [1.807, 2.05) is 0 Å². The van der Waals surface area contributed by atoms with E-state index in [0.717, 1.165) is 35.2 Å². The maximum atomic E-state index is 13.6. The molecule has 0 saturated carbocycles. The van der Waals surface area contributed by atoms with Crippen molar-refractivity contribution in [3.63, 3.8) is 0 Å². The number of halogens is 2. The van der Waals surface area contributed by atoms with Crippen LogP contribution in [0.2, 0.25) is 0 Å². The third kappa shape index (κ3) is 4.59. The first-order valence-corrected chi connectivity index (χ1v) is 11.1. The fraction of sp³-hybridized carbons (Fsp3) is 0.300. The molecule has 2 aromatic rings. The van der Waals surface area contributed by atoms with E-state index >= 15 is 0 Å². The SMILES string of the molecule is CC(C(=O)Nc1cccc(N2CCCC2=O)c1)N(c1ccc(F)c(F)c1)S(C)(=O)=O. The van der Waals surface area contributed by atoms with Crippen LogP contribution in [0.4, 0.5) is 25.8 Å². The first-order chi connectivity index (χ1) is 14.1. The smallest absolute Gasteiger partial charge is 0.247 e. The number of benzene rings is 2. The second kappa shape index (κ2) is 8.39. The predicted molar refractivity (Wildman–Crippen MR) is 110 cm³/mol. The molecule has 2 amide bonds. The van der Waals surface area contributed by atoms with Gasteiger partial charge in [0.15, 0.2) is 11.6 Å². The summed E-state index contributed by atoms with van der Waals surface area (Å²) in [6.07, 6.45) is 2.09. The highest BCUT2D eigenvalue weighted by atomic mass is 32.2. The van der Waals surface area contributed by atoms with Crippen molar-refractivity contribution in [3.05, 3.63) is 54.1 Å². The number of nitrogens with one attached hydrogen (secondary N) is 1. The van der Waals surface area contributed by atoms with E-state index in [4.69, 9.17) is 0 Å². The Hall–Kier alpha value is -3.01. The standard InChI is InChI=1S/C20H21F2N3O4S/c1-13(25(30(2,28)29)16-8-9-17(21)18(22)12-16)20(27)23-14-5-3-6-15(11-14)24-10-4-7-19(24)26/h3,5-6,8-9,11-13H,4,7,10H2,1-2H3,(H,23,27). The highest BCUT2D eigenvalue weighted by Gasteiger charge is 2.30. The summed E-state index contributed by atoms with van der Waals surface area (Å²) in [5.74, 6) is -3.03. The summed E-state index contributed by atoms with van der Waals surface area (Å²) >= 11 is 0. The zero-order valence-electron chi connectivity index (χ0n) is 16.4. The van der Waals surface area contributed by atoms with Crippen molar-refractivity contribution in [2.75, 3.05) is 27.3 Å². The Morgan fingerprint density at radius 2 is 1.90 bits per heavy atom. The van der Waals surface area contributed by atoms with Gasteiger partial charge in [-0.05, 0) is 43.7 Å². The second-order valence-corrected chi connectivity index (χ2v) is 8.88. The minimum atomic E-state index is -3.98. The molecule has 160 valence electrons. The first-order valence-electron chi connectivity index (χ1n) is 9.23. The largest absolute Gasteiger partial charge is 0.324 e. The molecule has 1 saturated heterocycles. The number of carbonyl (C=O) groups excluding carboxylic acids is 2. The van der Waals surface area contributed by atoms with Crippen LogP contribution in [0, 0.1) is 11.6 Å². The molecule has 2 aromatic carbocycles. The Bertz CT molecular complexity index is 1090. The van der Waals surface area contributed by atoms with Crippen molar-refractivity contribution in [3.8, 4) is 0 Å². The van der Waals surface area contributed by atoms with Crippen molar-refractivity contribution >= 4 is 38.9 Å². The van der Waals surface area contributed by atoms with Crippen molar-refractivity contribution < 1.29 is 26.8 Å². The molecule has 1 aliphatic rings. The molecule has 1 heterocycles. The highest BCUT2D eigenvalue weighted by Crippen LogP contribution is 2.26. The van der Waals surface area contributed by atoms with Gasteiger partial charge in [-0.25, -0.2) is 17.2 Å². The third-order valence-electron chi connectivity index (χ3n) is 4.74. The number of sulfonamides is 1. The van der Waals surface area contributed by atoms with E-state index in [0.29, 0.717) is 24.3 Å². The Morgan fingerprint density at radius 3 is 2.50 bits per heavy atom. The molecule has 1 fully saturated rings. The third-order valence-corrected chi connectivity index (χ3v) is 5.99. The van der Waals surface area contributed by atoms with Crippen LogP contribution in [0.1, 0.15) is 19.8 Å². The van der Waals surface area contributed by atoms with Crippen molar-refractivity contribution in [1.29, 1.82) is 0 Å². The van der Waals surface area contributed by atoms with E-state index < -0.39 is 33.6 Å². The molecular weight excluding hydrogens is 416 g/mol. The molecule has 1 atom stereocenters. The van der Waals surface area contributed by atoms with E-state index in [1.165, 1.54) is 6.92 Å². The molecule has 0 aromatic heterocycles. The molecule has 7 nitrogen and oxygen atoms in total. The van der Waals surface area contributed by atoms with Gasteiger partial charge >= 0.3 is 0 Å². The van der Waals surface area contributed by atoms with Crippen LogP contribution in [0.25, 0.3) is 0 Å². The van der Waals surface area contributed by atoms with Crippen molar-refractivity contribution in [2.24, 2.45) is 0 Å². The molecule has 1 N–H and O–H groups in total. The van der Waals surface area contributed by atoms with Gasteiger partial charge in [0.05, 0.1) is 11.9 Å². The number of rotatable bonds is 6. The van der Waals surface area contributed by atoms with Crippen LogP contribution in [0.5, 0.6) is 0 Å². The molecule has 10 heteroatoms. The maximum absolute atomic E-state index is 13.6. The van der Waals surface area contributed by atoms with Gasteiger partial charge in [0.2, 0.25) is 21.8 Å². The zero-order valence-corrected chi connectivity index (χ0v) is 17.2. The number of amides is 2. The summed E-state index contributed by atoms with van der Waals surface area (Å²) < 4.78 is 52.2. The summed E-state index contributed by atoms with van der Waals surface area (Å²) in [7, 11) is -3.98. The average Bonchev–Trinajstić information content (AvgIpc) is 3.10. The van der Waals surface area contributed by atoms with Gasteiger partial charge in [-0.15, -0.1) is 0 Å². The second-order valence-electron chi connectivity index (χ2n) is 7.02. The van der Waals surface area contributed by atoms with Crippen LogP contribution in [0.3, 0.4) is 0 Å². The molecular formula is C20H21F2N3O4S. The van der Waals surface area contributed by atoms with Gasteiger partial charge in [0.1, 0.15) is 6.04 Å². The average molecular weight is 437 g/mol. The number of anilines is 3. The van der Waals surface area contributed by atoms with Gasteiger partial charge in [-0.3, -0.25) is 13.9 Å². The zero-order chi connectivity index (χ0) is 22.1. The van der Waals surface area contributed by atoms with Crippen molar-refractivity contribution in [2.45, 2.75) is 25.8 Å². The summed E-state index contributed by atoms with van der Waals surface area (Å²) in [5.41, 5.74) is 0.835. The number of carbonyl (C=O) groups is 2. The van der Waals surface area contributed by atoms with Crippen LogP contribution >= 0.6 is 0 Å². The lowest BCUT2D eigenvalue weighted by molar-refractivity contribution is -0.117. The normalized spacial score (nSPS) is 15.2. The Morgan fingerprint density at radius 1 is 1.17 bits per heavy atom.